The van der Waals surface area contributed by atoms with E-state index in [1.807, 2.05) is 30.3 Å². The molecule has 0 bridgehead atoms. The van der Waals surface area contributed by atoms with Gasteiger partial charge >= 0.3 is 18.0 Å². The molecule has 1 N–H and O–H groups in total. The van der Waals surface area contributed by atoms with Crippen LogP contribution >= 0.6 is 23.1 Å². The molecular formula is C22H13F6NO3S2. The molecule has 0 fully saturated rings. The summed E-state index contributed by atoms with van der Waals surface area (Å²) < 4.78 is 83.6. The Hall–Kier alpha value is -2.83. The fraction of sp³-hybridized carbons (Fsp3) is 0.182. The molecule has 0 saturated carbocycles. The Morgan fingerprint density at radius 2 is 1.65 bits per heavy atom. The first kappa shape index (κ1) is 24.3. The van der Waals surface area contributed by atoms with Gasteiger partial charge in [0.15, 0.2) is 4.34 Å². The SMILES string of the molecule is O=c1cc(Cc2ccccc2)c2ccc(Sc3ncc(C(O)(C(F)(F)F)C(F)(F)F)s3)cc2o1. The van der Waals surface area contributed by atoms with E-state index in [1.54, 1.807) is 12.1 Å². The third kappa shape index (κ3) is 4.57. The monoisotopic (exact) mass is 517 g/mol. The first-order valence-corrected chi connectivity index (χ1v) is 11.1. The van der Waals surface area contributed by atoms with Crippen molar-refractivity contribution in [1.29, 1.82) is 0 Å². The van der Waals surface area contributed by atoms with Crippen LogP contribution in [0.3, 0.4) is 0 Å². The van der Waals surface area contributed by atoms with Crippen LogP contribution in [0.1, 0.15) is 16.0 Å². The van der Waals surface area contributed by atoms with Gasteiger partial charge in [0.25, 0.3) is 5.60 Å². The highest BCUT2D eigenvalue weighted by molar-refractivity contribution is 8.01. The maximum Gasteiger partial charge on any atom is 0.431 e. The van der Waals surface area contributed by atoms with E-state index in [0.29, 0.717) is 28.5 Å². The second kappa shape index (κ2) is 8.75. The quantitative estimate of drug-likeness (QED) is 0.249. The minimum Gasteiger partial charge on any atom is -0.423 e. The molecule has 0 atom stereocenters. The second-order valence-corrected chi connectivity index (χ2v) is 9.56. The van der Waals surface area contributed by atoms with E-state index in [2.05, 4.69) is 4.98 Å². The fourth-order valence-electron chi connectivity index (χ4n) is 3.25. The normalized spacial score (nSPS) is 12.9. The molecule has 0 saturated heterocycles. The van der Waals surface area contributed by atoms with Crippen molar-refractivity contribution >= 4 is 34.1 Å². The third-order valence-corrected chi connectivity index (χ3v) is 7.08. The lowest BCUT2D eigenvalue weighted by Gasteiger charge is -2.30. The second-order valence-electron chi connectivity index (χ2n) is 7.21. The maximum absolute atomic E-state index is 13.1. The van der Waals surface area contributed by atoms with E-state index in [1.165, 1.54) is 12.1 Å². The van der Waals surface area contributed by atoms with Crippen molar-refractivity contribution in [2.75, 3.05) is 0 Å². The molecule has 34 heavy (non-hydrogen) atoms. The number of alkyl halides is 6. The van der Waals surface area contributed by atoms with E-state index in [9.17, 15) is 36.2 Å². The van der Waals surface area contributed by atoms with Gasteiger partial charge in [-0.1, -0.05) is 42.1 Å². The summed E-state index contributed by atoms with van der Waals surface area (Å²) in [6, 6.07) is 15.4. The summed E-state index contributed by atoms with van der Waals surface area (Å²) in [4.78, 5) is 14.6. The molecule has 2 heterocycles. The highest BCUT2D eigenvalue weighted by atomic mass is 32.2. The van der Waals surface area contributed by atoms with Crippen LogP contribution in [0.25, 0.3) is 11.0 Å². The minimum absolute atomic E-state index is 0.0714. The fourth-order valence-corrected chi connectivity index (χ4v) is 5.36. The molecule has 4 nitrogen and oxygen atoms in total. The van der Waals surface area contributed by atoms with Crippen LogP contribution in [0, 0.1) is 0 Å². The van der Waals surface area contributed by atoms with Crippen molar-refractivity contribution in [3.05, 3.63) is 87.2 Å². The zero-order chi connectivity index (χ0) is 24.7. The van der Waals surface area contributed by atoms with Gasteiger partial charge in [-0.2, -0.15) is 26.3 Å². The Kier molecular flexibility index (Phi) is 6.25. The number of nitrogens with zero attached hydrogens (tertiary/aromatic N) is 1. The van der Waals surface area contributed by atoms with Gasteiger partial charge < -0.3 is 9.52 Å². The number of hydrogen-bond acceptors (Lipinski definition) is 6. The molecule has 4 rings (SSSR count). The van der Waals surface area contributed by atoms with Crippen LogP contribution in [-0.2, 0) is 12.0 Å². The molecule has 12 heteroatoms. The largest absolute Gasteiger partial charge is 0.431 e. The zero-order valence-corrected chi connectivity index (χ0v) is 18.4. The standard InChI is InChI=1S/C22H13F6NO3S2/c23-21(24,25)20(31,22(26,27)28)17-11-29-19(34-17)33-14-6-7-15-13(8-12-4-2-1-3-5-12)9-18(30)32-16(15)10-14/h1-7,9-11,31H,8H2. The smallest absolute Gasteiger partial charge is 0.423 e. The van der Waals surface area contributed by atoms with Gasteiger partial charge in [0.1, 0.15) is 5.58 Å². The van der Waals surface area contributed by atoms with E-state index in [4.69, 9.17) is 4.42 Å². The number of benzene rings is 2. The van der Waals surface area contributed by atoms with Crippen molar-refractivity contribution in [2.45, 2.75) is 33.6 Å². The zero-order valence-electron chi connectivity index (χ0n) is 16.8. The molecule has 4 aromatic rings. The Labute approximate surface area is 195 Å². The first-order valence-electron chi connectivity index (χ1n) is 9.49. The van der Waals surface area contributed by atoms with Gasteiger partial charge in [-0.15, -0.1) is 11.3 Å². The van der Waals surface area contributed by atoms with Crippen LogP contribution in [0.4, 0.5) is 26.3 Å². The number of thiazole rings is 1. The number of halogens is 6. The lowest BCUT2D eigenvalue weighted by Crippen LogP contribution is -2.53. The number of fused-ring (bicyclic) bond motifs is 1. The van der Waals surface area contributed by atoms with Gasteiger partial charge in [0, 0.05) is 22.5 Å². The summed E-state index contributed by atoms with van der Waals surface area (Å²) >= 11 is 0.847. The summed E-state index contributed by atoms with van der Waals surface area (Å²) in [5, 5.41) is 10.2. The number of hydrogen-bond donors (Lipinski definition) is 1. The van der Waals surface area contributed by atoms with E-state index >= 15 is 0 Å². The molecule has 0 radical (unpaired) electrons. The van der Waals surface area contributed by atoms with E-state index in [-0.39, 0.29) is 21.3 Å². The molecule has 0 aliphatic rings. The third-order valence-electron chi connectivity index (χ3n) is 4.91. The molecular weight excluding hydrogens is 504 g/mol. The molecule has 0 unspecified atom stereocenters. The predicted molar refractivity (Wildman–Crippen MR) is 114 cm³/mol. The van der Waals surface area contributed by atoms with Crippen LogP contribution < -0.4 is 5.63 Å². The Morgan fingerprint density at radius 1 is 0.971 bits per heavy atom. The lowest BCUT2D eigenvalue weighted by molar-refractivity contribution is -0.375. The highest BCUT2D eigenvalue weighted by Crippen LogP contribution is 2.52. The van der Waals surface area contributed by atoms with Gasteiger partial charge in [0.05, 0.1) is 4.88 Å². The van der Waals surface area contributed by atoms with Crippen molar-refractivity contribution in [2.24, 2.45) is 0 Å². The molecule has 2 aromatic carbocycles. The Balaban J connectivity index is 1.65. The summed E-state index contributed by atoms with van der Waals surface area (Å²) in [5.41, 5.74) is -3.75. The Morgan fingerprint density at radius 3 is 2.29 bits per heavy atom. The Bertz CT molecular complexity index is 1370. The number of rotatable bonds is 5. The molecule has 0 amide bonds. The van der Waals surface area contributed by atoms with Crippen molar-refractivity contribution in [3.8, 4) is 0 Å². The van der Waals surface area contributed by atoms with Gasteiger partial charge in [0.2, 0.25) is 0 Å². The minimum atomic E-state index is -5.98. The van der Waals surface area contributed by atoms with E-state index < -0.39 is 28.5 Å². The van der Waals surface area contributed by atoms with Gasteiger partial charge in [-0.25, -0.2) is 9.78 Å². The van der Waals surface area contributed by atoms with Crippen LogP contribution in [-0.4, -0.2) is 22.4 Å². The van der Waals surface area contributed by atoms with Crippen LogP contribution in [0.2, 0.25) is 0 Å². The highest BCUT2D eigenvalue weighted by Gasteiger charge is 2.72. The van der Waals surface area contributed by atoms with Crippen LogP contribution in [0.15, 0.2) is 79.2 Å². The lowest BCUT2D eigenvalue weighted by atomic mass is 10.0. The molecule has 2 aromatic heterocycles. The first-order chi connectivity index (χ1) is 15.9. The average Bonchev–Trinajstić information content (AvgIpc) is 3.20. The van der Waals surface area contributed by atoms with Crippen molar-refractivity contribution < 1.29 is 35.9 Å². The van der Waals surface area contributed by atoms with E-state index in [0.717, 1.165) is 17.3 Å². The van der Waals surface area contributed by atoms with Crippen LogP contribution in [0.5, 0.6) is 0 Å². The molecule has 0 aliphatic heterocycles. The van der Waals surface area contributed by atoms with Crippen molar-refractivity contribution in [1.82, 2.24) is 4.98 Å². The molecule has 0 aliphatic carbocycles. The topological polar surface area (TPSA) is 63.3 Å². The summed E-state index contributed by atoms with van der Waals surface area (Å²) in [5.74, 6) is 0. The average molecular weight is 517 g/mol. The maximum atomic E-state index is 13.1. The van der Waals surface area contributed by atoms with Crippen molar-refractivity contribution in [3.63, 3.8) is 0 Å². The van der Waals surface area contributed by atoms with Gasteiger partial charge in [-0.3, -0.25) is 0 Å². The number of aromatic nitrogens is 1. The molecule has 0 spiro atoms. The molecule has 178 valence electrons. The summed E-state index contributed by atoms with van der Waals surface area (Å²) in [6.45, 7) is 0. The number of aliphatic hydroxyl groups is 1. The van der Waals surface area contributed by atoms with Gasteiger partial charge in [-0.05, 0) is 35.7 Å². The summed E-state index contributed by atoms with van der Waals surface area (Å²) in [7, 11) is 0. The summed E-state index contributed by atoms with van der Waals surface area (Å²) in [6.07, 6.45) is -11.2. The predicted octanol–water partition coefficient (Wildman–Crippen LogP) is 6.30.